The van der Waals surface area contributed by atoms with Gasteiger partial charge >= 0.3 is 0 Å². The molecule has 1 heterocycles. The number of hydrogen-bond acceptors (Lipinski definition) is 5. The van der Waals surface area contributed by atoms with Gasteiger partial charge in [0.25, 0.3) is 6.47 Å². The molecule has 258 valence electrons. The van der Waals surface area contributed by atoms with Crippen LogP contribution < -0.4 is 15.4 Å². The second-order valence-corrected chi connectivity index (χ2v) is 18.1. The molecule has 0 amide bonds. The van der Waals surface area contributed by atoms with Gasteiger partial charge in [0.05, 0.1) is 0 Å². The summed E-state index contributed by atoms with van der Waals surface area (Å²) >= 11 is 0. The quantitative estimate of drug-likeness (QED) is 0.222. The molecule has 1 aromatic carbocycles. The van der Waals surface area contributed by atoms with Gasteiger partial charge < -0.3 is 15.4 Å². The van der Waals surface area contributed by atoms with E-state index in [0.29, 0.717) is 46.2 Å². The maximum absolute atomic E-state index is 10.9. The molecule has 9 atom stereocenters. The molecular weight excluding hydrogens is 578 g/mol. The Labute approximate surface area is 285 Å². The Hall–Kier alpha value is -1.95. The maximum Gasteiger partial charge on any atom is 0.298 e. The van der Waals surface area contributed by atoms with E-state index in [9.17, 15) is 4.79 Å². The lowest BCUT2D eigenvalue weighted by atomic mass is 9.33. The largest absolute Gasteiger partial charge is 0.429 e. The van der Waals surface area contributed by atoms with Crippen molar-refractivity contribution in [3.63, 3.8) is 0 Å². The van der Waals surface area contributed by atoms with Gasteiger partial charge in [-0.1, -0.05) is 65.0 Å². The molecule has 0 radical (unpaired) electrons. The molecule has 1 aromatic rings. The molecule has 5 heteroatoms. The number of nitrogens with one attached hydrogen (secondary N) is 2. The van der Waals surface area contributed by atoms with Crippen molar-refractivity contribution in [1.29, 1.82) is 0 Å². The van der Waals surface area contributed by atoms with Gasteiger partial charge in [0.1, 0.15) is 5.75 Å². The van der Waals surface area contributed by atoms with Crippen LogP contribution in [0.2, 0.25) is 0 Å². The van der Waals surface area contributed by atoms with Crippen LogP contribution in [0.4, 0.5) is 0 Å². The summed E-state index contributed by atoms with van der Waals surface area (Å²) < 4.78 is 5.11. The number of ether oxygens (including phenoxy) is 1. The molecule has 1 saturated heterocycles. The van der Waals surface area contributed by atoms with E-state index in [-0.39, 0.29) is 11.0 Å². The molecule has 6 aliphatic rings. The number of carbonyl (C=O) groups is 1. The molecule has 1 aliphatic heterocycles. The fraction of sp³-hybridized carbons (Fsp3) is 0.738. The Bertz CT molecular complexity index is 1380. The first kappa shape index (κ1) is 33.5. The van der Waals surface area contributed by atoms with Crippen LogP contribution in [-0.4, -0.2) is 56.2 Å². The molecule has 47 heavy (non-hydrogen) atoms. The number of nitrogens with zero attached hydrogens (tertiary/aromatic N) is 1. The summed E-state index contributed by atoms with van der Waals surface area (Å²) in [4.78, 5) is 13.5. The molecule has 7 rings (SSSR count). The molecule has 0 spiro atoms. The van der Waals surface area contributed by atoms with E-state index in [2.05, 4.69) is 81.9 Å². The first-order valence-electron chi connectivity index (χ1n) is 19.1. The van der Waals surface area contributed by atoms with Crippen LogP contribution in [0.15, 0.2) is 42.5 Å². The van der Waals surface area contributed by atoms with Crippen molar-refractivity contribution < 1.29 is 9.53 Å². The number of fused-ring (bicyclic) bond motifs is 7. The highest BCUT2D eigenvalue weighted by Gasteiger charge is 2.70. The summed E-state index contributed by atoms with van der Waals surface area (Å²) in [5.41, 5.74) is 5.57. The number of hydrogen-bond donors (Lipinski definition) is 2. The smallest absolute Gasteiger partial charge is 0.298 e. The van der Waals surface area contributed by atoms with Gasteiger partial charge in [0.15, 0.2) is 0 Å². The normalized spacial score (nSPS) is 42.7. The molecule has 0 unspecified atom stereocenters. The van der Waals surface area contributed by atoms with Gasteiger partial charge in [-0.2, -0.15) is 0 Å². The number of benzene rings is 1. The zero-order valence-electron chi connectivity index (χ0n) is 30.4. The molecule has 5 aliphatic carbocycles. The maximum atomic E-state index is 10.9. The fourth-order valence-corrected chi connectivity index (χ4v) is 13.7. The van der Waals surface area contributed by atoms with Crippen molar-refractivity contribution >= 4 is 12.0 Å². The molecule has 5 nitrogen and oxygen atoms in total. The molecular formula is C42H63N3O2. The van der Waals surface area contributed by atoms with Crippen LogP contribution in [-0.2, 0) is 4.79 Å². The van der Waals surface area contributed by atoms with Crippen LogP contribution in [0, 0.1) is 51.2 Å². The first-order valence-corrected chi connectivity index (χ1v) is 19.1. The zero-order chi connectivity index (χ0) is 33.2. The average Bonchev–Trinajstić information content (AvgIpc) is 3.42. The Morgan fingerprint density at radius 3 is 2.40 bits per heavy atom. The third kappa shape index (κ3) is 5.14. The predicted molar refractivity (Wildman–Crippen MR) is 193 cm³/mol. The van der Waals surface area contributed by atoms with E-state index >= 15 is 0 Å². The Morgan fingerprint density at radius 1 is 0.957 bits per heavy atom. The Kier molecular flexibility index (Phi) is 8.65. The van der Waals surface area contributed by atoms with Gasteiger partial charge in [-0.25, -0.2) is 0 Å². The topological polar surface area (TPSA) is 53.6 Å². The number of allylic oxidation sites excluding steroid dienone is 3. The van der Waals surface area contributed by atoms with Crippen molar-refractivity contribution in [3.8, 4) is 5.75 Å². The summed E-state index contributed by atoms with van der Waals surface area (Å²) in [6, 6.07) is 8.19. The monoisotopic (exact) mass is 641 g/mol. The lowest BCUT2D eigenvalue weighted by Crippen LogP contribution is -2.68. The van der Waals surface area contributed by atoms with E-state index in [1.807, 2.05) is 12.1 Å². The lowest BCUT2D eigenvalue weighted by Gasteiger charge is -2.72. The Morgan fingerprint density at radius 2 is 1.70 bits per heavy atom. The van der Waals surface area contributed by atoms with Crippen molar-refractivity contribution in [1.82, 2.24) is 15.5 Å². The van der Waals surface area contributed by atoms with Crippen LogP contribution in [0.5, 0.6) is 5.75 Å². The minimum atomic E-state index is 0.0890. The van der Waals surface area contributed by atoms with Crippen molar-refractivity contribution in [3.05, 3.63) is 48.1 Å². The van der Waals surface area contributed by atoms with Gasteiger partial charge in [-0.05, 0) is 139 Å². The highest BCUT2D eigenvalue weighted by Crippen LogP contribution is 2.76. The molecule has 0 aromatic heterocycles. The Balaban J connectivity index is 1.16. The van der Waals surface area contributed by atoms with Crippen LogP contribution >= 0.6 is 0 Å². The van der Waals surface area contributed by atoms with E-state index in [4.69, 9.17) is 4.74 Å². The van der Waals surface area contributed by atoms with Gasteiger partial charge in [-0.3, -0.25) is 9.69 Å². The second kappa shape index (κ2) is 12.1. The van der Waals surface area contributed by atoms with Crippen molar-refractivity contribution in [2.24, 2.45) is 51.2 Å². The second-order valence-electron chi connectivity index (χ2n) is 18.1. The fourth-order valence-electron chi connectivity index (χ4n) is 13.7. The standard InChI is InChI=1S/C42H63N3O2/c1-29(2)32-14-19-42(44-24-27-45-25-22-43-23-26-45)21-20-40(6)34(37(32)42)12-13-36-39(5)17-15-33(30-8-10-31(11-9-30)47-28-46)38(3,4)35(39)16-18-41(36,40)7/h8-11,15,28,32,34-37,43-44H,1,12-14,16-27H2,2-7H3/t32-,34+,35-,36+,37+,39-,40+,41+,42-/m0/s1. The van der Waals surface area contributed by atoms with Crippen molar-refractivity contribution in [2.45, 2.75) is 105 Å². The average molecular weight is 642 g/mol. The van der Waals surface area contributed by atoms with Crippen LogP contribution in [0.3, 0.4) is 0 Å². The van der Waals surface area contributed by atoms with E-state index in [0.717, 1.165) is 31.5 Å². The lowest BCUT2D eigenvalue weighted by molar-refractivity contribution is -0.219. The summed E-state index contributed by atoms with van der Waals surface area (Å²) in [5, 5.41) is 7.84. The van der Waals surface area contributed by atoms with Crippen molar-refractivity contribution in [2.75, 3.05) is 39.3 Å². The molecule has 4 saturated carbocycles. The highest BCUT2D eigenvalue weighted by atomic mass is 16.5. The number of rotatable bonds is 8. The highest BCUT2D eigenvalue weighted by molar-refractivity contribution is 5.72. The first-order chi connectivity index (χ1) is 22.4. The summed E-state index contributed by atoms with van der Waals surface area (Å²) in [6.45, 7) is 27.7. The molecule has 0 bridgehead atoms. The van der Waals surface area contributed by atoms with Gasteiger partial charge in [0.2, 0.25) is 0 Å². The SMILES string of the molecule is C=C(C)[C@@H]1CC[C@]2(NCCN3CCNCC3)CC[C@]3(C)[C@H](CC[C@@H]4[C@@]5(C)CC=C(c6ccc(OC=O)cc6)C(C)(C)[C@@H]5CC[C@]43C)[C@@H]12. The summed E-state index contributed by atoms with van der Waals surface area (Å²) in [5.74, 6) is 4.15. The predicted octanol–water partition coefficient (Wildman–Crippen LogP) is 8.12. The number of piperazine rings is 1. The van der Waals surface area contributed by atoms with Crippen LogP contribution in [0.25, 0.3) is 5.57 Å². The van der Waals surface area contributed by atoms with E-state index in [1.165, 1.54) is 94.1 Å². The third-order valence-electron chi connectivity index (χ3n) is 16.1. The third-order valence-corrected chi connectivity index (χ3v) is 16.1. The van der Waals surface area contributed by atoms with Gasteiger partial charge in [-0.15, -0.1) is 0 Å². The zero-order valence-corrected chi connectivity index (χ0v) is 30.4. The molecule has 2 N–H and O–H groups in total. The summed E-state index contributed by atoms with van der Waals surface area (Å²) in [6.07, 6.45) is 14.5. The van der Waals surface area contributed by atoms with E-state index in [1.54, 1.807) is 0 Å². The summed E-state index contributed by atoms with van der Waals surface area (Å²) in [7, 11) is 0. The van der Waals surface area contributed by atoms with Crippen LogP contribution in [0.1, 0.15) is 105 Å². The minimum absolute atomic E-state index is 0.0890. The van der Waals surface area contributed by atoms with Gasteiger partial charge in [0, 0.05) is 44.8 Å². The van der Waals surface area contributed by atoms with E-state index < -0.39 is 0 Å². The minimum Gasteiger partial charge on any atom is -0.429 e. The number of carbonyl (C=O) groups excluding carboxylic acids is 1. The molecule has 5 fully saturated rings.